The van der Waals surface area contributed by atoms with Gasteiger partial charge in [-0.25, -0.2) is 13.2 Å². The zero-order valence-corrected chi connectivity index (χ0v) is 16.1. The number of fused-ring (bicyclic) bond motifs is 1. The van der Waals surface area contributed by atoms with Crippen LogP contribution in [0.15, 0.2) is 53.4 Å². The van der Waals surface area contributed by atoms with Gasteiger partial charge in [-0.1, -0.05) is 36.4 Å². The number of para-hydroxylation sites is 1. The topological polar surface area (TPSA) is 66.5 Å². The molecule has 2 aromatic rings. The van der Waals surface area contributed by atoms with Gasteiger partial charge in [-0.05, 0) is 49.9 Å². The van der Waals surface area contributed by atoms with E-state index in [1.54, 1.807) is 44.0 Å². The third-order valence-electron chi connectivity index (χ3n) is 4.94. The number of aryl methyl sites for hydroxylation is 1. The number of carbonyl (C=O) groups is 1. The summed E-state index contributed by atoms with van der Waals surface area (Å²) in [6.45, 7) is 3.27. The van der Waals surface area contributed by atoms with Crippen molar-refractivity contribution in [3.63, 3.8) is 0 Å². The number of anilines is 1. The van der Waals surface area contributed by atoms with Crippen molar-refractivity contribution in [1.82, 2.24) is 4.90 Å². The second kappa shape index (κ2) is 7.11. The summed E-state index contributed by atoms with van der Waals surface area (Å²) >= 11 is 0. The van der Waals surface area contributed by atoms with Crippen molar-refractivity contribution in [3.05, 3.63) is 59.7 Å². The minimum atomic E-state index is -3.48. The summed E-state index contributed by atoms with van der Waals surface area (Å²) in [5.41, 5.74) is 2.75. The molecule has 0 aromatic heterocycles. The summed E-state index contributed by atoms with van der Waals surface area (Å²) in [5, 5.41) is 2.23. The van der Waals surface area contributed by atoms with Crippen molar-refractivity contribution in [2.45, 2.75) is 42.9 Å². The van der Waals surface area contributed by atoms with E-state index in [0.717, 1.165) is 18.4 Å². The van der Waals surface area contributed by atoms with E-state index >= 15 is 0 Å². The largest absolute Gasteiger partial charge is 0.322 e. The molecule has 6 heteroatoms. The molecular weight excluding hydrogens is 348 g/mol. The smallest absolute Gasteiger partial charge is 0.321 e. The van der Waals surface area contributed by atoms with Crippen LogP contribution >= 0.6 is 0 Å². The average Bonchev–Trinajstić information content (AvgIpc) is 3.05. The number of rotatable bonds is 4. The summed E-state index contributed by atoms with van der Waals surface area (Å²) in [5.74, 6) is 0. The molecule has 1 atom stereocenters. The van der Waals surface area contributed by atoms with Crippen LogP contribution in [0.1, 0.15) is 37.4 Å². The van der Waals surface area contributed by atoms with Gasteiger partial charge >= 0.3 is 6.03 Å². The molecule has 0 radical (unpaired) electrons. The molecule has 0 fully saturated rings. The molecule has 138 valence electrons. The van der Waals surface area contributed by atoms with Crippen LogP contribution in [-0.4, -0.2) is 31.6 Å². The Balaban J connectivity index is 1.84. The number of nitrogens with zero attached hydrogens (tertiary/aromatic N) is 1. The Morgan fingerprint density at radius 1 is 1.12 bits per heavy atom. The second-order valence-electron chi connectivity index (χ2n) is 6.88. The first-order chi connectivity index (χ1) is 12.3. The molecule has 2 amide bonds. The average molecular weight is 372 g/mol. The number of amides is 2. The summed E-state index contributed by atoms with van der Waals surface area (Å²) in [6, 6.07) is 14.4. The standard InChI is InChI=1S/C20H24N2O3S/c1-14(2)26(24,25)19-11-7-6-10-17(19)21-20(23)22(3)18-13-12-15-8-4-5-9-16(15)18/h4-11,14,18H,12-13H2,1-3H3,(H,21,23). The van der Waals surface area contributed by atoms with Crippen LogP contribution in [0.2, 0.25) is 0 Å². The normalized spacial score (nSPS) is 16.4. The molecule has 2 aromatic carbocycles. The zero-order valence-electron chi connectivity index (χ0n) is 15.3. The summed E-state index contributed by atoms with van der Waals surface area (Å²) < 4.78 is 25.1. The molecule has 1 aliphatic carbocycles. The molecule has 0 aliphatic heterocycles. The Morgan fingerprint density at radius 3 is 2.50 bits per heavy atom. The molecule has 1 aliphatic rings. The van der Waals surface area contributed by atoms with Gasteiger partial charge in [-0.3, -0.25) is 0 Å². The van der Waals surface area contributed by atoms with Gasteiger partial charge in [-0.15, -0.1) is 0 Å². The number of sulfone groups is 1. The summed E-state index contributed by atoms with van der Waals surface area (Å²) in [6.07, 6.45) is 1.81. The van der Waals surface area contributed by atoms with Gasteiger partial charge in [0.05, 0.1) is 21.9 Å². The molecule has 0 saturated carbocycles. The Labute approximate surface area is 154 Å². The van der Waals surface area contributed by atoms with E-state index in [1.165, 1.54) is 11.6 Å². The van der Waals surface area contributed by atoms with E-state index in [4.69, 9.17) is 0 Å². The highest BCUT2D eigenvalue weighted by atomic mass is 32.2. The van der Waals surface area contributed by atoms with E-state index in [9.17, 15) is 13.2 Å². The van der Waals surface area contributed by atoms with E-state index < -0.39 is 15.1 Å². The van der Waals surface area contributed by atoms with Crippen LogP contribution in [0.5, 0.6) is 0 Å². The predicted molar refractivity (Wildman–Crippen MR) is 103 cm³/mol. The molecule has 26 heavy (non-hydrogen) atoms. The van der Waals surface area contributed by atoms with Gasteiger partial charge in [0.2, 0.25) is 0 Å². The maximum absolute atomic E-state index is 12.8. The van der Waals surface area contributed by atoms with Gasteiger partial charge in [0.25, 0.3) is 0 Å². The van der Waals surface area contributed by atoms with Crippen LogP contribution in [0.3, 0.4) is 0 Å². The summed E-state index contributed by atoms with van der Waals surface area (Å²) in [7, 11) is -1.73. The Kier molecular flexibility index (Phi) is 5.05. The van der Waals surface area contributed by atoms with Crippen LogP contribution in [0.4, 0.5) is 10.5 Å². The highest BCUT2D eigenvalue weighted by Gasteiger charge is 2.29. The van der Waals surface area contributed by atoms with Crippen molar-refractivity contribution in [2.75, 3.05) is 12.4 Å². The fourth-order valence-electron chi connectivity index (χ4n) is 3.35. The van der Waals surface area contributed by atoms with E-state index in [-0.39, 0.29) is 17.0 Å². The quantitative estimate of drug-likeness (QED) is 0.881. The molecule has 3 rings (SSSR count). The van der Waals surface area contributed by atoms with Crippen molar-refractivity contribution >= 4 is 21.6 Å². The maximum Gasteiger partial charge on any atom is 0.322 e. The minimum Gasteiger partial charge on any atom is -0.321 e. The SMILES string of the molecule is CC(C)S(=O)(=O)c1ccccc1NC(=O)N(C)C1CCc2ccccc21. The Hall–Kier alpha value is -2.34. The lowest BCUT2D eigenvalue weighted by Gasteiger charge is -2.26. The maximum atomic E-state index is 12.8. The summed E-state index contributed by atoms with van der Waals surface area (Å²) in [4.78, 5) is 14.6. The van der Waals surface area contributed by atoms with E-state index in [0.29, 0.717) is 5.69 Å². The minimum absolute atomic E-state index is 0.0000631. The zero-order chi connectivity index (χ0) is 18.9. The number of nitrogens with one attached hydrogen (secondary N) is 1. The monoisotopic (exact) mass is 372 g/mol. The predicted octanol–water partition coefficient (Wildman–Crippen LogP) is 4.02. The highest BCUT2D eigenvalue weighted by Crippen LogP contribution is 2.35. The molecule has 0 bridgehead atoms. The van der Waals surface area contributed by atoms with Gasteiger partial charge in [0, 0.05) is 7.05 Å². The molecule has 1 unspecified atom stereocenters. The van der Waals surface area contributed by atoms with Crippen molar-refractivity contribution in [3.8, 4) is 0 Å². The van der Waals surface area contributed by atoms with E-state index in [2.05, 4.69) is 11.4 Å². The number of carbonyl (C=O) groups excluding carboxylic acids is 1. The molecule has 5 nitrogen and oxygen atoms in total. The Bertz CT molecular complexity index is 922. The van der Waals surface area contributed by atoms with Crippen molar-refractivity contribution in [2.24, 2.45) is 0 Å². The first-order valence-corrected chi connectivity index (χ1v) is 10.3. The number of hydrogen-bond donors (Lipinski definition) is 1. The van der Waals surface area contributed by atoms with Crippen LogP contribution in [0, 0.1) is 0 Å². The highest BCUT2D eigenvalue weighted by molar-refractivity contribution is 7.92. The fraction of sp³-hybridized carbons (Fsp3) is 0.350. The lowest BCUT2D eigenvalue weighted by atomic mass is 10.1. The number of hydrogen-bond acceptors (Lipinski definition) is 3. The fourth-order valence-corrected chi connectivity index (χ4v) is 4.56. The van der Waals surface area contributed by atoms with Gasteiger partial charge < -0.3 is 10.2 Å². The first kappa shape index (κ1) is 18.5. The van der Waals surface area contributed by atoms with Gasteiger partial charge in [-0.2, -0.15) is 0 Å². The van der Waals surface area contributed by atoms with Crippen molar-refractivity contribution < 1.29 is 13.2 Å². The number of benzene rings is 2. The second-order valence-corrected chi connectivity index (χ2v) is 9.36. The third kappa shape index (κ3) is 3.33. The third-order valence-corrected chi connectivity index (χ3v) is 7.16. The van der Waals surface area contributed by atoms with E-state index in [1.807, 2.05) is 18.2 Å². The van der Waals surface area contributed by atoms with Gasteiger partial charge in [0.15, 0.2) is 9.84 Å². The van der Waals surface area contributed by atoms with Crippen molar-refractivity contribution in [1.29, 1.82) is 0 Å². The lowest BCUT2D eigenvalue weighted by molar-refractivity contribution is 0.204. The molecule has 0 spiro atoms. The van der Waals surface area contributed by atoms with Crippen LogP contribution in [-0.2, 0) is 16.3 Å². The molecular formula is C20H24N2O3S. The lowest BCUT2D eigenvalue weighted by Crippen LogP contribution is -2.34. The van der Waals surface area contributed by atoms with Crippen LogP contribution < -0.4 is 5.32 Å². The number of urea groups is 1. The first-order valence-electron chi connectivity index (χ1n) is 8.77. The Morgan fingerprint density at radius 2 is 1.77 bits per heavy atom. The molecule has 0 heterocycles. The van der Waals surface area contributed by atoms with Crippen LogP contribution in [0.25, 0.3) is 0 Å². The molecule has 1 N–H and O–H groups in total. The molecule has 0 saturated heterocycles. The van der Waals surface area contributed by atoms with Gasteiger partial charge in [0.1, 0.15) is 0 Å².